The summed E-state index contributed by atoms with van der Waals surface area (Å²) in [5.41, 5.74) is 0.598. The van der Waals surface area contributed by atoms with E-state index < -0.39 is 16.1 Å². The number of aromatic nitrogens is 1. The van der Waals surface area contributed by atoms with Crippen LogP contribution in [0.3, 0.4) is 0 Å². The molecular formula is C23H29ClN4O5S3. The summed E-state index contributed by atoms with van der Waals surface area (Å²) in [5, 5.41) is 0.474. The third-order valence-electron chi connectivity index (χ3n) is 6.02. The van der Waals surface area contributed by atoms with Crippen molar-refractivity contribution < 1.29 is 22.7 Å². The second-order valence-electron chi connectivity index (χ2n) is 8.62. The highest BCUT2D eigenvalue weighted by atomic mass is 35.5. The lowest BCUT2D eigenvalue weighted by Gasteiger charge is -2.36. The third-order valence-corrected chi connectivity index (χ3v) is 10.7. The first kappa shape index (κ1) is 27.1. The van der Waals surface area contributed by atoms with Gasteiger partial charge in [-0.1, -0.05) is 29.4 Å². The van der Waals surface area contributed by atoms with E-state index in [1.807, 2.05) is 19.0 Å². The fourth-order valence-corrected chi connectivity index (χ4v) is 8.53. The lowest BCUT2D eigenvalue weighted by molar-refractivity contribution is -0.123. The zero-order chi connectivity index (χ0) is 26.0. The van der Waals surface area contributed by atoms with E-state index >= 15 is 0 Å². The van der Waals surface area contributed by atoms with Crippen LogP contribution in [-0.2, 0) is 14.8 Å². The molecule has 2 aromatic heterocycles. The molecule has 1 amide bonds. The van der Waals surface area contributed by atoms with Gasteiger partial charge in [0.2, 0.25) is 5.91 Å². The van der Waals surface area contributed by atoms with Gasteiger partial charge < -0.3 is 14.4 Å². The Hall–Kier alpha value is -1.96. The van der Waals surface area contributed by atoms with E-state index in [2.05, 4.69) is 0 Å². The maximum atomic E-state index is 14.1. The van der Waals surface area contributed by atoms with Gasteiger partial charge in [0.25, 0.3) is 10.0 Å². The summed E-state index contributed by atoms with van der Waals surface area (Å²) in [7, 11) is 3.11. The number of likely N-dealkylation sites (N-methyl/N-ethyl adjacent to an activating group) is 1. The van der Waals surface area contributed by atoms with Crippen molar-refractivity contribution in [3.8, 4) is 11.5 Å². The van der Waals surface area contributed by atoms with E-state index in [1.54, 1.807) is 37.3 Å². The lowest BCUT2D eigenvalue weighted by Crippen LogP contribution is -2.53. The molecule has 0 N–H and O–H groups in total. The quantitative estimate of drug-likeness (QED) is 0.380. The average molecular weight is 573 g/mol. The second kappa shape index (κ2) is 11.2. The Morgan fingerprint density at radius 1 is 1.11 bits per heavy atom. The molecule has 4 rings (SSSR count). The van der Waals surface area contributed by atoms with Crippen LogP contribution in [0.15, 0.2) is 28.5 Å². The summed E-state index contributed by atoms with van der Waals surface area (Å²) in [4.78, 5) is 22.4. The number of thiophene rings is 1. The average Bonchev–Trinajstić information content (AvgIpc) is 3.50. The Morgan fingerprint density at radius 2 is 1.83 bits per heavy atom. The topological polar surface area (TPSA) is 92.3 Å². The highest BCUT2D eigenvalue weighted by Crippen LogP contribution is 2.41. The molecule has 3 aromatic rings. The number of ether oxygens (including phenoxy) is 2. The van der Waals surface area contributed by atoms with Crippen molar-refractivity contribution in [2.45, 2.75) is 29.5 Å². The van der Waals surface area contributed by atoms with Gasteiger partial charge in [-0.3, -0.25) is 9.69 Å². The number of hydrogen-bond acceptors (Lipinski definition) is 9. The molecule has 1 fully saturated rings. The standard InChI is InChI=1S/C23H29ClN4O5S3/c1-26(2)13-14-27(23-25-20-16(32-3)8-9-17(33-4)21(20)35-23)22(29)15-7-5-6-12-28(15)36(30,31)19-11-10-18(24)34-19/h8-11,15H,5-7,12-14H2,1-4H3. The van der Waals surface area contributed by atoms with Gasteiger partial charge in [-0.25, -0.2) is 13.4 Å². The highest BCUT2D eigenvalue weighted by molar-refractivity contribution is 7.91. The van der Waals surface area contributed by atoms with E-state index in [1.165, 1.54) is 21.7 Å². The molecule has 1 saturated heterocycles. The minimum atomic E-state index is -3.88. The van der Waals surface area contributed by atoms with E-state index in [4.69, 9.17) is 26.1 Å². The summed E-state index contributed by atoms with van der Waals surface area (Å²) in [6, 6.07) is 5.80. The van der Waals surface area contributed by atoms with Gasteiger partial charge in [-0.15, -0.1) is 11.3 Å². The molecule has 1 unspecified atom stereocenters. The van der Waals surface area contributed by atoms with Gasteiger partial charge in [0.1, 0.15) is 32.0 Å². The van der Waals surface area contributed by atoms with Crippen LogP contribution in [0.25, 0.3) is 10.2 Å². The van der Waals surface area contributed by atoms with E-state index in [-0.39, 0.29) is 16.7 Å². The molecule has 36 heavy (non-hydrogen) atoms. The van der Waals surface area contributed by atoms with E-state index in [0.717, 1.165) is 22.5 Å². The fourth-order valence-electron chi connectivity index (χ4n) is 4.16. The fraction of sp³-hybridized carbons (Fsp3) is 0.478. The number of halogens is 1. The Morgan fingerprint density at radius 3 is 2.47 bits per heavy atom. The van der Waals surface area contributed by atoms with Crippen molar-refractivity contribution in [3.05, 3.63) is 28.6 Å². The van der Waals surface area contributed by atoms with Crippen LogP contribution in [0, 0.1) is 0 Å². The maximum absolute atomic E-state index is 14.1. The number of nitrogens with zero attached hydrogens (tertiary/aromatic N) is 4. The first-order chi connectivity index (χ1) is 17.2. The number of carbonyl (C=O) groups is 1. The number of benzene rings is 1. The number of piperidine rings is 1. The summed E-state index contributed by atoms with van der Waals surface area (Å²) < 4.78 is 40.6. The number of fused-ring (bicyclic) bond motifs is 1. The summed E-state index contributed by atoms with van der Waals surface area (Å²) in [6.07, 6.45) is 1.89. The molecule has 0 spiro atoms. The zero-order valence-corrected chi connectivity index (χ0v) is 23.8. The second-order valence-corrected chi connectivity index (χ2v) is 13.4. The first-order valence-corrected chi connectivity index (χ1v) is 14.9. The SMILES string of the molecule is COc1ccc(OC)c2sc(N(CCN(C)C)C(=O)C3CCCCN3S(=O)(=O)c3ccc(Cl)s3)nc12. The number of amides is 1. The molecule has 196 valence electrons. The van der Waals surface area contributed by atoms with Crippen LogP contribution in [0.5, 0.6) is 11.5 Å². The molecule has 1 atom stereocenters. The Balaban J connectivity index is 1.75. The Bertz CT molecular complexity index is 1300. The van der Waals surface area contributed by atoms with Gasteiger partial charge in [-0.05, 0) is 51.2 Å². The number of hydrogen-bond donors (Lipinski definition) is 0. The lowest BCUT2D eigenvalue weighted by atomic mass is 10.0. The van der Waals surface area contributed by atoms with E-state index in [0.29, 0.717) is 52.4 Å². The number of rotatable bonds is 9. The van der Waals surface area contributed by atoms with Crippen LogP contribution in [0.2, 0.25) is 4.34 Å². The van der Waals surface area contributed by atoms with Crippen molar-refractivity contribution in [3.63, 3.8) is 0 Å². The van der Waals surface area contributed by atoms with Gasteiger partial charge in [-0.2, -0.15) is 4.31 Å². The van der Waals surface area contributed by atoms with Gasteiger partial charge in [0.05, 0.1) is 18.6 Å². The number of carbonyl (C=O) groups excluding carboxylic acids is 1. The Kier molecular flexibility index (Phi) is 8.42. The van der Waals surface area contributed by atoms with Crippen LogP contribution >= 0.6 is 34.3 Å². The third kappa shape index (κ3) is 5.34. The molecule has 3 heterocycles. The predicted octanol–water partition coefficient (Wildman–Crippen LogP) is 4.17. The molecule has 0 radical (unpaired) electrons. The van der Waals surface area contributed by atoms with Crippen LogP contribution in [0.1, 0.15) is 19.3 Å². The van der Waals surface area contributed by atoms with E-state index in [9.17, 15) is 13.2 Å². The van der Waals surface area contributed by atoms with Crippen molar-refractivity contribution in [1.82, 2.24) is 14.2 Å². The molecule has 1 aromatic carbocycles. The van der Waals surface area contributed by atoms with Crippen molar-refractivity contribution in [2.75, 3.05) is 52.8 Å². The maximum Gasteiger partial charge on any atom is 0.253 e. The Labute approximate surface area is 224 Å². The molecular weight excluding hydrogens is 544 g/mol. The van der Waals surface area contributed by atoms with Crippen LogP contribution in [0.4, 0.5) is 5.13 Å². The first-order valence-electron chi connectivity index (χ1n) is 11.4. The molecule has 1 aliphatic rings. The number of anilines is 1. The van der Waals surface area contributed by atoms with Gasteiger partial charge in [0.15, 0.2) is 5.13 Å². The highest BCUT2D eigenvalue weighted by Gasteiger charge is 2.41. The van der Waals surface area contributed by atoms with Crippen LogP contribution in [-0.4, -0.2) is 82.5 Å². The normalized spacial score (nSPS) is 17.0. The zero-order valence-electron chi connectivity index (χ0n) is 20.6. The summed E-state index contributed by atoms with van der Waals surface area (Å²) in [5.74, 6) is 0.913. The predicted molar refractivity (Wildman–Crippen MR) is 144 cm³/mol. The minimum absolute atomic E-state index is 0.140. The molecule has 1 aliphatic heterocycles. The minimum Gasteiger partial charge on any atom is -0.495 e. The smallest absolute Gasteiger partial charge is 0.253 e. The molecule has 0 bridgehead atoms. The molecule has 0 aliphatic carbocycles. The monoisotopic (exact) mass is 572 g/mol. The number of sulfonamides is 1. The molecule has 9 nitrogen and oxygen atoms in total. The van der Waals surface area contributed by atoms with Crippen molar-refractivity contribution in [2.24, 2.45) is 0 Å². The van der Waals surface area contributed by atoms with Crippen LogP contribution < -0.4 is 14.4 Å². The van der Waals surface area contributed by atoms with Gasteiger partial charge in [0, 0.05) is 19.6 Å². The van der Waals surface area contributed by atoms with Gasteiger partial charge >= 0.3 is 0 Å². The number of methoxy groups -OCH3 is 2. The molecule has 13 heteroatoms. The number of thiazole rings is 1. The van der Waals surface area contributed by atoms with Crippen molar-refractivity contribution >= 4 is 65.6 Å². The molecule has 0 saturated carbocycles. The summed E-state index contributed by atoms with van der Waals surface area (Å²) in [6.45, 7) is 1.21. The largest absolute Gasteiger partial charge is 0.495 e. The van der Waals surface area contributed by atoms with Crippen molar-refractivity contribution in [1.29, 1.82) is 0 Å². The summed E-state index contributed by atoms with van der Waals surface area (Å²) >= 11 is 8.35.